The van der Waals surface area contributed by atoms with E-state index >= 15 is 0 Å². The van der Waals surface area contributed by atoms with Crippen LogP contribution >= 0.6 is 0 Å². The van der Waals surface area contributed by atoms with Crippen molar-refractivity contribution in [1.29, 1.82) is 0 Å². The van der Waals surface area contributed by atoms with Crippen molar-refractivity contribution in [2.24, 2.45) is 0 Å². The van der Waals surface area contributed by atoms with Crippen molar-refractivity contribution in [2.45, 2.75) is 284 Å². The molecule has 0 aromatic carbocycles. The molecule has 0 amide bonds. The molecule has 0 saturated carbocycles. The van der Waals surface area contributed by atoms with E-state index in [0.29, 0.717) is 19.4 Å². The Bertz CT molecular complexity index is 790. The molecule has 1 N–H and O–H groups in total. The van der Waals surface area contributed by atoms with Crippen molar-refractivity contribution in [2.75, 3.05) is 26.2 Å². The largest absolute Gasteiger partial charge is 0.462 e. The molecular weight excluding hydrogens is 695 g/mol. The van der Waals surface area contributed by atoms with Gasteiger partial charge in [0.05, 0.1) is 0 Å². The maximum atomic E-state index is 12.8. The fourth-order valence-corrected chi connectivity index (χ4v) is 7.96. The highest BCUT2D eigenvalue weighted by Crippen LogP contribution is 2.19. The molecule has 1 unspecified atom stereocenters. The molecule has 0 rings (SSSR count). The second-order valence-corrected chi connectivity index (χ2v) is 17.3. The van der Waals surface area contributed by atoms with Gasteiger partial charge in [-0.2, -0.15) is 0 Å². The van der Waals surface area contributed by atoms with E-state index in [-0.39, 0.29) is 24.1 Å². The van der Waals surface area contributed by atoms with E-state index in [2.05, 4.69) is 32.6 Å². The summed E-state index contributed by atoms with van der Waals surface area (Å²) in [6.07, 6.45) is 44.3. The molecular formula is C50H99NO5. The van der Waals surface area contributed by atoms with Crippen LogP contribution in [0.25, 0.3) is 0 Å². The zero-order valence-electron chi connectivity index (χ0n) is 38.4. The average Bonchev–Trinajstić information content (AvgIpc) is 3.19. The van der Waals surface area contributed by atoms with Crippen molar-refractivity contribution in [3.8, 4) is 0 Å². The smallest absolute Gasteiger partial charge is 0.306 e. The van der Waals surface area contributed by atoms with Gasteiger partial charge >= 0.3 is 11.9 Å². The summed E-state index contributed by atoms with van der Waals surface area (Å²) < 4.78 is 11.9. The Kier molecular flexibility index (Phi) is 44.0. The van der Waals surface area contributed by atoms with Gasteiger partial charge in [0.25, 0.3) is 0 Å². The van der Waals surface area contributed by atoms with E-state index in [4.69, 9.17) is 14.6 Å². The highest BCUT2D eigenvalue weighted by molar-refractivity contribution is 5.69. The highest BCUT2D eigenvalue weighted by Gasteiger charge is 2.15. The number of carbonyl (C=O) groups is 2. The monoisotopic (exact) mass is 794 g/mol. The van der Waals surface area contributed by atoms with Crippen LogP contribution < -0.4 is 0 Å². The summed E-state index contributed by atoms with van der Waals surface area (Å²) >= 11 is 0. The number of aliphatic hydroxyl groups is 1. The molecule has 1 atom stereocenters. The SMILES string of the molecule is CCCCCCCCC(CC)OC(=O)CCCCCCCN(CCCCCCO)CCCCCCCC(=O)OC(CCCCCCCC)CCCCCCCC. The number of esters is 2. The van der Waals surface area contributed by atoms with E-state index < -0.39 is 0 Å². The van der Waals surface area contributed by atoms with Gasteiger partial charge in [0.1, 0.15) is 12.2 Å². The molecule has 0 spiro atoms. The van der Waals surface area contributed by atoms with E-state index in [1.54, 1.807) is 0 Å². The number of ether oxygens (including phenoxy) is 2. The summed E-state index contributed by atoms with van der Waals surface area (Å²) in [6, 6.07) is 0. The molecule has 0 bridgehead atoms. The molecule has 0 aromatic rings. The number of rotatable bonds is 46. The molecule has 0 aliphatic heterocycles. The lowest BCUT2D eigenvalue weighted by Gasteiger charge is -2.22. The summed E-state index contributed by atoms with van der Waals surface area (Å²) in [7, 11) is 0. The van der Waals surface area contributed by atoms with Gasteiger partial charge < -0.3 is 19.5 Å². The minimum absolute atomic E-state index is 0.00128. The number of nitrogens with zero attached hydrogens (tertiary/aromatic N) is 1. The minimum Gasteiger partial charge on any atom is -0.462 e. The fraction of sp³-hybridized carbons (Fsp3) is 0.960. The lowest BCUT2D eigenvalue weighted by atomic mass is 10.0. The van der Waals surface area contributed by atoms with Crippen LogP contribution in [0.5, 0.6) is 0 Å². The van der Waals surface area contributed by atoms with Gasteiger partial charge in [0.15, 0.2) is 0 Å². The van der Waals surface area contributed by atoms with Gasteiger partial charge in [-0.15, -0.1) is 0 Å². The molecule has 0 aromatic heterocycles. The molecule has 56 heavy (non-hydrogen) atoms. The molecule has 0 fully saturated rings. The Hall–Kier alpha value is -1.14. The van der Waals surface area contributed by atoms with Crippen LogP contribution in [-0.4, -0.2) is 60.4 Å². The van der Waals surface area contributed by atoms with Crippen molar-refractivity contribution < 1.29 is 24.2 Å². The number of aliphatic hydroxyl groups excluding tert-OH is 1. The molecule has 6 heteroatoms. The lowest BCUT2D eigenvalue weighted by molar-refractivity contribution is -0.150. The topological polar surface area (TPSA) is 76.1 Å². The standard InChI is InChI=1S/C50H99NO5/c1-5-9-12-15-20-29-38-47(8-4)55-49(53)41-32-23-18-25-34-43-51(45-36-27-28-37-46-52)44-35-26-19-24-33-42-50(54)56-48(39-30-21-16-13-10-6-2)40-31-22-17-14-11-7-3/h47-48,52H,5-46H2,1-4H3. The number of carbonyl (C=O) groups excluding carboxylic acids is 2. The molecule has 0 radical (unpaired) electrons. The zero-order valence-corrected chi connectivity index (χ0v) is 38.4. The van der Waals surface area contributed by atoms with Crippen LogP contribution in [-0.2, 0) is 19.1 Å². The van der Waals surface area contributed by atoms with E-state index in [0.717, 1.165) is 83.8 Å². The third-order valence-electron chi connectivity index (χ3n) is 11.8. The summed E-state index contributed by atoms with van der Waals surface area (Å²) in [4.78, 5) is 27.9. The zero-order chi connectivity index (χ0) is 41.0. The van der Waals surface area contributed by atoms with Gasteiger partial charge in [0, 0.05) is 19.4 Å². The summed E-state index contributed by atoms with van der Waals surface area (Å²) in [6.45, 7) is 12.7. The number of hydrogen-bond donors (Lipinski definition) is 1. The molecule has 6 nitrogen and oxygen atoms in total. The Morgan fingerprint density at radius 2 is 0.696 bits per heavy atom. The normalized spacial score (nSPS) is 12.2. The second kappa shape index (κ2) is 45.0. The third kappa shape index (κ3) is 39.7. The first-order chi connectivity index (χ1) is 27.5. The third-order valence-corrected chi connectivity index (χ3v) is 11.8. The van der Waals surface area contributed by atoms with Crippen LogP contribution in [0.1, 0.15) is 272 Å². The average molecular weight is 794 g/mol. The molecule has 0 aliphatic carbocycles. The Morgan fingerprint density at radius 3 is 1.07 bits per heavy atom. The summed E-state index contributed by atoms with van der Waals surface area (Å²) in [5, 5.41) is 9.16. The van der Waals surface area contributed by atoms with Crippen LogP contribution in [0.15, 0.2) is 0 Å². The second-order valence-electron chi connectivity index (χ2n) is 17.3. The first-order valence-corrected chi connectivity index (χ1v) is 25.2. The maximum Gasteiger partial charge on any atom is 0.306 e. The minimum atomic E-state index is 0.00128. The van der Waals surface area contributed by atoms with E-state index in [9.17, 15) is 9.59 Å². The fourth-order valence-electron chi connectivity index (χ4n) is 7.96. The highest BCUT2D eigenvalue weighted by atomic mass is 16.5. The molecule has 0 aliphatic rings. The molecule has 0 saturated heterocycles. The Labute approximate surface area is 350 Å². The Balaban J connectivity index is 4.32. The number of hydrogen-bond acceptors (Lipinski definition) is 6. The first kappa shape index (κ1) is 54.9. The quantitative estimate of drug-likeness (QED) is 0.0489. The summed E-state index contributed by atoms with van der Waals surface area (Å²) in [5.41, 5.74) is 0. The van der Waals surface area contributed by atoms with Crippen molar-refractivity contribution in [3.05, 3.63) is 0 Å². The van der Waals surface area contributed by atoms with Crippen molar-refractivity contribution in [3.63, 3.8) is 0 Å². The van der Waals surface area contributed by atoms with Gasteiger partial charge in [-0.3, -0.25) is 9.59 Å². The summed E-state index contributed by atoms with van der Waals surface area (Å²) in [5.74, 6) is 0.0320. The Morgan fingerprint density at radius 1 is 0.393 bits per heavy atom. The van der Waals surface area contributed by atoms with Crippen molar-refractivity contribution >= 4 is 11.9 Å². The first-order valence-electron chi connectivity index (χ1n) is 25.2. The van der Waals surface area contributed by atoms with Gasteiger partial charge in [0.2, 0.25) is 0 Å². The lowest BCUT2D eigenvalue weighted by Crippen LogP contribution is -2.27. The molecule has 0 heterocycles. The van der Waals surface area contributed by atoms with Crippen LogP contribution in [0.2, 0.25) is 0 Å². The maximum absolute atomic E-state index is 12.8. The van der Waals surface area contributed by atoms with Gasteiger partial charge in [-0.25, -0.2) is 0 Å². The van der Waals surface area contributed by atoms with Crippen LogP contribution in [0.3, 0.4) is 0 Å². The van der Waals surface area contributed by atoms with Crippen LogP contribution in [0.4, 0.5) is 0 Å². The molecule has 334 valence electrons. The van der Waals surface area contributed by atoms with Crippen molar-refractivity contribution in [1.82, 2.24) is 4.90 Å². The van der Waals surface area contributed by atoms with Gasteiger partial charge in [-0.05, 0) is 103 Å². The predicted molar refractivity (Wildman–Crippen MR) is 241 cm³/mol. The number of unbranched alkanes of at least 4 members (excludes halogenated alkanes) is 26. The van der Waals surface area contributed by atoms with Crippen LogP contribution in [0, 0.1) is 0 Å². The van der Waals surface area contributed by atoms with E-state index in [1.807, 2.05) is 0 Å². The predicted octanol–water partition coefficient (Wildman–Crippen LogP) is 15.0. The van der Waals surface area contributed by atoms with Gasteiger partial charge in [-0.1, -0.05) is 175 Å². The van der Waals surface area contributed by atoms with E-state index in [1.165, 1.54) is 167 Å².